The van der Waals surface area contributed by atoms with E-state index < -0.39 is 31.3 Å². The van der Waals surface area contributed by atoms with Gasteiger partial charge in [0.05, 0.1) is 0 Å². The Kier molecular flexibility index (Phi) is 6.90. The number of nitrogens with zero attached hydrogens (tertiary/aromatic N) is 1. The van der Waals surface area contributed by atoms with Crippen LogP contribution in [0.5, 0.6) is 0 Å². The Morgan fingerprint density at radius 3 is 2.07 bits per heavy atom. The standard InChI is InChI=1S/C20H27NO4SeSi/c1-6-24-18(22)20(19(23)25-7-2)15(13-21)16(20)17(27(3,4)5)26-14-11-9-8-10-12-14/h8-12,15-17H,6-7H2,1-5H3/t15-,16-,17-/m0/s1. The van der Waals surface area contributed by atoms with Crippen molar-refractivity contribution in [3.63, 3.8) is 0 Å². The Bertz CT molecular complexity index is 708. The van der Waals surface area contributed by atoms with Gasteiger partial charge in [-0.15, -0.1) is 0 Å². The van der Waals surface area contributed by atoms with Crippen LogP contribution in [0.1, 0.15) is 13.8 Å². The molecule has 2 rings (SSSR count). The summed E-state index contributed by atoms with van der Waals surface area (Å²) in [7, 11) is -1.79. The number of esters is 2. The fourth-order valence-corrected chi connectivity index (χ4v) is 10.7. The summed E-state index contributed by atoms with van der Waals surface area (Å²) < 4.78 is 11.8. The van der Waals surface area contributed by atoms with Crippen molar-refractivity contribution in [3.05, 3.63) is 30.3 Å². The molecule has 0 radical (unpaired) electrons. The molecule has 1 aliphatic rings. The molecule has 0 unspecified atom stereocenters. The van der Waals surface area contributed by atoms with Gasteiger partial charge in [-0.2, -0.15) is 0 Å². The summed E-state index contributed by atoms with van der Waals surface area (Å²) >= 11 is 0.0479. The van der Waals surface area contributed by atoms with Crippen LogP contribution in [0.3, 0.4) is 0 Å². The van der Waals surface area contributed by atoms with Crippen molar-refractivity contribution < 1.29 is 19.1 Å². The molecule has 0 amide bonds. The van der Waals surface area contributed by atoms with Crippen molar-refractivity contribution in [2.75, 3.05) is 13.2 Å². The molecule has 0 N–H and O–H groups in total. The summed E-state index contributed by atoms with van der Waals surface area (Å²) in [5.74, 6) is -2.23. The number of benzene rings is 1. The number of carbonyl (C=O) groups excluding carboxylic acids is 2. The molecule has 1 saturated carbocycles. The second kappa shape index (κ2) is 8.60. The number of carbonyl (C=O) groups is 2. The molecular formula is C20H27NO4SeSi. The molecule has 0 bridgehead atoms. The topological polar surface area (TPSA) is 76.4 Å². The number of rotatable bonds is 8. The third-order valence-corrected chi connectivity index (χ3v) is 14.2. The van der Waals surface area contributed by atoms with Crippen LogP contribution in [0.25, 0.3) is 0 Å². The zero-order chi connectivity index (χ0) is 20.2. The summed E-state index contributed by atoms with van der Waals surface area (Å²) in [6.07, 6.45) is 0. The van der Waals surface area contributed by atoms with E-state index in [0.717, 1.165) is 0 Å². The van der Waals surface area contributed by atoms with Crippen LogP contribution < -0.4 is 4.46 Å². The van der Waals surface area contributed by atoms with Crippen molar-refractivity contribution in [1.82, 2.24) is 0 Å². The Morgan fingerprint density at radius 2 is 1.67 bits per heavy atom. The van der Waals surface area contributed by atoms with Gasteiger partial charge < -0.3 is 0 Å². The summed E-state index contributed by atoms with van der Waals surface area (Å²) in [5.41, 5.74) is -1.47. The first-order valence-electron chi connectivity index (χ1n) is 9.20. The van der Waals surface area contributed by atoms with Crippen LogP contribution in [-0.2, 0) is 19.1 Å². The molecule has 0 spiro atoms. The van der Waals surface area contributed by atoms with Gasteiger partial charge in [-0.05, 0) is 0 Å². The SMILES string of the molecule is CCOC(=O)C1(C(=O)OCC)[C@H]([C@@H]([Se]c2ccccc2)[Si](C)(C)C)[C@@H]1C#N. The first-order valence-corrected chi connectivity index (χ1v) is 14.6. The first kappa shape index (κ1) is 21.7. The summed E-state index contributed by atoms with van der Waals surface area (Å²) in [5, 5.41) is 9.78. The molecule has 5 nitrogen and oxygen atoms in total. The monoisotopic (exact) mass is 453 g/mol. The second-order valence-electron chi connectivity index (χ2n) is 7.66. The number of ether oxygens (including phenoxy) is 2. The minimum atomic E-state index is -1.79. The van der Waals surface area contributed by atoms with E-state index in [0.29, 0.717) is 0 Å². The van der Waals surface area contributed by atoms with Gasteiger partial charge in [0, 0.05) is 0 Å². The van der Waals surface area contributed by atoms with Gasteiger partial charge in [-0.1, -0.05) is 0 Å². The molecule has 0 aliphatic heterocycles. The fourth-order valence-electron chi connectivity index (χ4n) is 3.56. The van der Waals surface area contributed by atoms with Crippen molar-refractivity contribution in [2.45, 2.75) is 37.9 Å². The predicted octanol–water partition coefficient (Wildman–Crippen LogP) is 2.56. The van der Waals surface area contributed by atoms with E-state index in [4.69, 9.17) is 9.47 Å². The third kappa shape index (κ3) is 4.13. The molecule has 0 heterocycles. The molecule has 0 aromatic heterocycles. The van der Waals surface area contributed by atoms with Gasteiger partial charge in [0.2, 0.25) is 0 Å². The Balaban J connectivity index is 2.47. The Hall–Kier alpha value is -1.61. The molecule has 146 valence electrons. The van der Waals surface area contributed by atoms with Gasteiger partial charge >= 0.3 is 169 Å². The zero-order valence-corrected chi connectivity index (χ0v) is 19.2. The van der Waals surface area contributed by atoms with Gasteiger partial charge in [-0.3, -0.25) is 0 Å². The van der Waals surface area contributed by atoms with Crippen LogP contribution in [0.2, 0.25) is 24.1 Å². The van der Waals surface area contributed by atoms with Crippen molar-refractivity contribution in [3.8, 4) is 6.07 Å². The molecule has 7 heteroatoms. The van der Waals surface area contributed by atoms with Crippen molar-refractivity contribution in [1.29, 1.82) is 5.26 Å². The van der Waals surface area contributed by atoms with Crippen LogP contribution in [0, 0.1) is 28.6 Å². The predicted molar refractivity (Wildman–Crippen MR) is 107 cm³/mol. The minimum absolute atomic E-state index is 0.0479. The van der Waals surface area contributed by atoms with Gasteiger partial charge in [0.15, 0.2) is 0 Å². The van der Waals surface area contributed by atoms with Crippen LogP contribution in [0.15, 0.2) is 30.3 Å². The van der Waals surface area contributed by atoms with Crippen molar-refractivity contribution in [2.24, 2.45) is 17.3 Å². The van der Waals surface area contributed by atoms with E-state index >= 15 is 0 Å². The average Bonchev–Trinajstić information content (AvgIpc) is 3.29. The number of hydrogen-bond donors (Lipinski definition) is 0. The van der Waals surface area contributed by atoms with Gasteiger partial charge in [0.1, 0.15) is 0 Å². The van der Waals surface area contributed by atoms with Crippen molar-refractivity contribution >= 4 is 39.4 Å². The van der Waals surface area contributed by atoms with E-state index in [1.165, 1.54) is 4.46 Å². The number of nitriles is 1. The molecular weight excluding hydrogens is 425 g/mol. The second-order valence-corrected chi connectivity index (χ2v) is 16.5. The maximum absolute atomic E-state index is 12.9. The summed E-state index contributed by atoms with van der Waals surface area (Å²) in [4.78, 5) is 25.7. The van der Waals surface area contributed by atoms with Crippen LogP contribution >= 0.6 is 0 Å². The normalized spacial score (nSPS) is 21.6. The quantitative estimate of drug-likeness (QED) is 0.344. The van der Waals surface area contributed by atoms with Crippen LogP contribution in [-0.4, -0.2) is 48.2 Å². The molecule has 1 aromatic rings. The Labute approximate surface area is 168 Å². The molecule has 3 atom stereocenters. The van der Waals surface area contributed by atoms with Gasteiger partial charge in [0.25, 0.3) is 0 Å². The molecule has 0 saturated heterocycles. The molecule has 1 aliphatic carbocycles. The van der Waals surface area contributed by atoms with E-state index in [-0.39, 0.29) is 38.5 Å². The van der Waals surface area contributed by atoms with Gasteiger partial charge in [-0.25, -0.2) is 0 Å². The molecule has 1 aromatic carbocycles. The van der Waals surface area contributed by atoms with Crippen LogP contribution in [0.4, 0.5) is 0 Å². The summed E-state index contributed by atoms with van der Waals surface area (Å²) in [6.45, 7) is 10.5. The van der Waals surface area contributed by atoms with E-state index in [1.807, 2.05) is 18.2 Å². The summed E-state index contributed by atoms with van der Waals surface area (Å²) in [6, 6.07) is 12.3. The van der Waals surface area contributed by atoms with E-state index in [9.17, 15) is 14.9 Å². The fraction of sp³-hybridized carbons (Fsp3) is 0.550. The third-order valence-electron chi connectivity index (χ3n) is 4.82. The first-order chi connectivity index (χ1) is 12.7. The number of hydrogen-bond acceptors (Lipinski definition) is 5. The van der Waals surface area contributed by atoms with E-state index in [1.54, 1.807) is 13.8 Å². The van der Waals surface area contributed by atoms with E-state index in [2.05, 4.69) is 37.8 Å². The zero-order valence-electron chi connectivity index (χ0n) is 16.5. The maximum atomic E-state index is 12.9. The molecule has 27 heavy (non-hydrogen) atoms. The molecule has 1 fully saturated rings. The average molecular weight is 452 g/mol. The Morgan fingerprint density at radius 1 is 1.15 bits per heavy atom.